The molecule has 0 saturated heterocycles. The van der Waals surface area contributed by atoms with Gasteiger partial charge in [0.15, 0.2) is 11.6 Å². The lowest BCUT2D eigenvalue weighted by molar-refractivity contribution is -0.110. The van der Waals surface area contributed by atoms with Crippen molar-refractivity contribution in [2.45, 2.75) is 65.0 Å². The molecular formula is C37H42F2N4O2S. The Morgan fingerprint density at radius 1 is 1.11 bits per heavy atom. The number of fused-ring (bicyclic) bond motifs is 7. The summed E-state index contributed by atoms with van der Waals surface area (Å²) in [4.78, 5) is 19.7. The molecule has 2 aliphatic rings. The van der Waals surface area contributed by atoms with Crippen LogP contribution < -0.4 is 10.2 Å². The zero-order valence-electron chi connectivity index (χ0n) is 27.1. The number of rotatable bonds is 4. The van der Waals surface area contributed by atoms with Crippen molar-refractivity contribution in [1.29, 1.82) is 0 Å². The third kappa shape index (κ3) is 6.45. The first kappa shape index (κ1) is 32.3. The van der Waals surface area contributed by atoms with Gasteiger partial charge in [0.1, 0.15) is 29.9 Å². The van der Waals surface area contributed by atoms with Crippen LogP contribution in [0, 0.1) is 23.0 Å². The maximum atomic E-state index is 15.6. The number of hydrogen-bond donors (Lipinski definition) is 2. The molecule has 0 radical (unpaired) electrons. The Balaban J connectivity index is 1.45. The van der Waals surface area contributed by atoms with Crippen molar-refractivity contribution in [3.05, 3.63) is 94.7 Å². The summed E-state index contributed by atoms with van der Waals surface area (Å²) in [5.41, 5.74) is 7.10. The maximum absolute atomic E-state index is 15.6. The molecule has 46 heavy (non-hydrogen) atoms. The number of benzene rings is 3. The number of H-pyrrole nitrogens is 1. The Bertz CT molecular complexity index is 1790. The van der Waals surface area contributed by atoms with Crippen LogP contribution in [0.5, 0.6) is 11.5 Å². The summed E-state index contributed by atoms with van der Waals surface area (Å²) in [6, 6.07) is 16.4. The van der Waals surface area contributed by atoms with Gasteiger partial charge < -0.3 is 14.5 Å². The molecule has 3 heterocycles. The second-order valence-corrected chi connectivity index (χ2v) is 14.9. The van der Waals surface area contributed by atoms with E-state index < -0.39 is 17.0 Å². The summed E-state index contributed by atoms with van der Waals surface area (Å²) in [5.74, 6) is 1.71. The minimum atomic E-state index is -0.461. The summed E-state index contributed by atoms with van der Waals surface area (Å²) >= 11 is 1.86. The lowest BCUT2D eigenvalue weighted by Crippen LogP contribution is -2.48. The summed E-state index contributed by atoms with van der Waals surface area (Å²) in [6.07, 6.45) is 5.48. The minimum Gasteiger partial charge on any atom is -0.454 e. The fourth-order valence-corrected chi connectivity index (χ4v) is 7.75. The van der Waals surface area contributed by atoms with Gasteiger partial charge >= 0.3 is 0 Å². The molecule has 9 heteroatoms. The van der Waals surface area contributed by atoms with Crippen LogP contribution in [-0.2, 0) is 23.1 Å². The molecule has 1 aromatic heterocycles. The van der Waals surface area contributed by atoms with Crippen LogP contribution in [0.4, 0.5) is 8.78 Å². The van der Waals surface area contributed by atoms with E-state index in [0.29, 0.717) is 24.4 Å². The van der Waals surface area contributed by atoms with Gasteiger partial charge in [-0.1, -0.05) is 52.0 Å². The third-order valence-corrected chi connectivity index (χ3v) is 10.9. The molecular weight excluding hydrogens is 602 g/mol. The van der Waals surface area contributed by atoms with Crippen molar-refractivity contribution < 1.29 is 18.3 Å². The van der Waals surface area contributed by atoms with Gasteiger partial charge in [-0.3, -0.25) is 5.01 Å². The molecule has 0 fully saturated rings. The monoisotopic (exact) mass is 644 g/mol. The van der Waals surface area contributed by atoms with Crippen molar-refractivity contribution in [2.24, 2.45) is 16.3 Å². The molecule has 0 spiro atoms. The van der Waals surface area contributed by atoms with Crippen molar-refractivity contribution in [2.75, 3.05) is 18.6 Å². The lowest BCUT2D eigenvalue weighted by atomic mass is 9.72. The van der Waals surface area contributed by atoms with Crippen LogP contribution in [0.3, 0.4) is 0 Å². The first-order valence-corrected chi connectivity index (χ1v) is 17.1. The highest BCUT2D eigenvalue weighted by atomic mass is 32.2. The van der Waals surface area contributed by atoms with E-state index in [-0.39, 0.29) is 28.8 Å². The number of aromatic nitrogens is 1. The van der Waals surface area contributed by atoms with Gasteiger partial charge in [-0.05, 0) is 78.0 Å². The molecule has 3 atom stereocenters. The van der Waals surface area contributed by atoms with E-state index in [9.17, 15) is 4.79 Å². The van der Waals surface area contributed by atoms with Crippen LogP contribution in [0.15, 0.2) is 65.8 Å². The topological polar surface area (TPSA) is 69.7 Å². The summed E-state index contributed by atoms with van der Waals surface area (Å²) in [6.45, 7) is 8.74. The molecule has 0 amide bonds. The molecule has 0 saturated carbocycles. The highest BCUT2D eigenvalue weighted by Gasteiger charge is 2.42. The Kier molecular flexibility index (Phi) is 9.00. The zero-order valence-corrected chi connectivity index (χ0v) is 27.9. The number of thioether (sulfide) groups is 1. The van der Waals surface area contributed by atoms with Crippen LogP contribution in [0.2, 0.25) is 0 Å². The van der Waals surface area contributed by atoms with E-state index in [1.54, 1.807) is 11.1 Å². The first-order chi connectivity index (χ1) is 22.0. The predicted octanol–water partition coefficient (Wildman–Crippen LogP) is 8.19. The first-order valence-electron chi connectivity index (χ1n) is 15.9. The van der Waals surface area contributed by atoms with Gasteiger partial charge in [0.2, 0.25) is 0 Å². The quantitative estimate of drug-likeness (QED) is 0.219. The van der Waals surface area contributed by atoms with Crippen LogP contribution in [-0.4, -0.2) is 46.8 Å². The number of hydrogen-bond acceptors (Lipinski definition) is 6. The number of aliphatic imine (C=N–C) groups is 1. The van der Waals surface area contributed by atoms with Crippen LogP contribution in [0.25, 0.3) is 10.9 Å². The zero-order chi connectivity index (χ0) is 32.6. The van der Waals surface area contributed by atoms with Gasteiger partial charge in [0, 0.05) is 47.1 Å². The average molecular weight is 645 g/mol. The number of carbonyl (C=O) groups is 1. The van der Waals surface area contributed by atoms with Gasteiger partial charge in [0.05, 0.1) is 5.56 Å². The van der Waals surface area contributed by atoms with Crippen molar-refractivity contribution in [3.63, 3.8) is 0 Å². The molecule has 4 bridgehead atoms. The Labute approximate surface area is 274 Å². The number of amidine groups is 1. The summed E-state index contributed by atoms with van der Waals surface area (Å²) in [7, 11) is 1.84. The second-order valence-electron chi connectivity index (χ2n) is 13.8. The predicted molar refractivity (Wildman–Crippen MR) is 183 cm³/mol. The standard InChI is InChI=1S/C37H42F2N4O2S/c1-23(21-44)17-24-7-6-8-25(18-24)37(4)14-13-36(2,3)22-46-16-12-28-27-11-15-40-32(27)20-31(39)33(28)45-26-9-10-30(38)29(19-26)34-41-35(37)42-43(34)5/h6-11,15,18-21,23,35,40,42H,12-14,16-17,22H2,1-5H3. The van der Waals surface area contributed by atoms with Gasteiger partial charge in [-0.2, -0.15) is 11.8 Å². The van der Waals surface area contributed by atoms with E-state index in [1.165, 1.54) is 18.2 Å². The molecule has 2 aliphatic heterocycles. The molecule has 3 unspecified atom stereocenters. The van der Waals surface area contributed by atoms with Crippen molar-refractivity contribution >= 4 is 34.8 Å². The number of aryl methyl sites for hydroxylation is 1. The van der Waals surface area contributed by atoms with E-state index >= 15 is 8.78 Å². The van der Waals surface area contributed by atoms with E-state index in [0.717, 1.165) is 58.2 Å². The Hall–Kier alpha value is -3.69. The number of nitrogens with zero attached hydrogens (tertiary/aromatic N) is 2. The molecule has 2 N–H and O–H groups in total. The van der Waals surface area contributed by atoms with E-state index in [1.807, 2.05) is 38.0 Å². The number of aromatic amines is 1. The fraction of sp³-hybridized carbons (Fsp3) is 0.405. The van der Waals surface area contributed by atoms with Gasteiger partial charge in [0.25, 0.3) is 0 Å². The smallest absolute Gasteiger partial charge is 0.168 e. The number of carbonyl (C=O) groups excluding carboxylic acids is 1. The Morgan fingerprint density at radius 2 is 1.93 bits per heavy atom. The SMILES string of the molecule is CC(C=O)Cc1cccc(C2(C)CCC(C)(C)CSCCc3c(c(F)cc4[nH]ccc34)Oc3ccc(F)c(c3)C3=NC2NN3C)c1. The fourth-order valence-electron chi connectivity index (χ4n) is 6.56. The third-order valence-electron chi connectivity index (χ3n) is 9.44. The number of hydrazine groups is 1. The largest absolute Gasteiger partial charge is 0.454 e. The molecule has 6 nitrogen and oxygen atoms in total. The second kappa shape index (κ2) is 12.8. The number of ether oxygens (including phenoxy) is 1. The number of aldehydes is 1. The number of nitrogens with one attached hydrogen (secondary N) is 2. The van der Waals surface area contributed by atoms with Crippen molar-refractivity contribution in [3.8, 4) is 11.5 Å². The minimum absolute atomic E-state index is 0.00395. The van der Waals surface area contributed by atoms with Crippen LogP contribution in [0.1, 0.15) is 62.8 Å². The average Bonchev–Trinajstić information content (AvgIpc) is 3.66. The van der Waals surface area contributed by atoms with Crippen LogP contribution >= 0.6 is 11.8 Å². The summed E-state index contributed by atoms with van der Waals surface area (Å²) in [5, 5.41) is 2.69. The maximum Gasteiger partial charge on any atom is 0.168 e. The molecule has 242 valence electrons. The highest BCUT2D eigenvalue weighted by molar-refractivity contribution is 7.99. The van der Waals surface area contributed by atoms with Gasteiger partial charge in [-0.15, -0.1) is 0 Å². The number of halogens is 2. The normalized spacial score (nSPS) is 22.5. The molecule has 0 aliphatic carbocycles. The molecule has 4 aromatic rings. The van der Waals surface area contributed by atoms with Crippen molar-refractivity contribution in [1.82, 2.24) is 15.4 Å². The highest BCUT2D eigenvalue weighted by Crippen LogP contribution is 2.42. The molecule has 3 aromatic carbocycles. The van der Waals surface area contributed by atoms with E-state index in [2.05, 4.69) is 55.4 Å². The summed E-state index contributed by atoms with van der Waals surface area (Å²) < 4.78 is 37.4. The lowest BCUT2D eigenvalue weighted by Gasteiger charge is -2.38. The van der Waals surface area contributed by atoms with E-state index in [4.69, 9.17) is 9.73 Å². The Morgan fingerprint density at radius 3 is 2.74 bits per heavy atom. The molecule has 6 rings (SSSR count). The van der Waals surface area contributed by atoms with Gasteiger partial charge in [-0.25, -0.2) is 19.2 Å².